The van der Waals surface area contributed by atoms with Gasteiger partial charge in [0.05, 0.1) is 18.7 Å². The number of benzene rings is 1. The number of hydrogen-bond donors (Lipinski definition) is 1. The van der Waals surface area contributed by atoms with E-state index in [4.69, 9.17) is 4.74 Å². The molecule has 0 fully saturated rings. The lowest BCUT2D eigenvalue weighted by Gasteiger charge is -2.19. The van der Waals surface area contributed by atoms with Crippen molar-refractivity contribution in [3.05, 3.63) is 28.8 Å². The third-order valence-electron chi connectivity index (χ3n) is 3.73. The van der Waals surface area contributed by atoms with Crippen LogP contribution in [0.15, 0.2) is 12.1 Å². The molecular weight excluding hydrogens is 292 g/mol. The van der Waals surface area contributed by atoms with Gasteiger partial charge in [0, 0.05) is 5.69 Å². The van der Waals surface area contributed by atoms with Gasteiger partial charge in [0.2, 0.25) is 5.91 Å². The lowest BCUT2D eigenvalue weighted by molar-refractivity contribution is -0.117. The van der Waals surface area contributed by atoms with E-state index in [-0.39, 0.29) is 11.9 Å². The summed E-state index contributed by atoms with van der Waals surface area (Å²) in [4.78, 5) is 26.2. The van der Waals surface area contributed by atoms with Crippen molar-refractivity contribution in [1.82, 2.24) is 4.90 Å². The molecule has 0 bridgehead atoms. The van der Waals surface area contributed by atoms with Crippen molar-refractivity contribution in [3.8, 4) is 0 Å². The van der Waals surface area contributed by atoms with Crippen LogP contribution in [0.5, 0.6) is 0 Å². The zero-order chi connectivity index (χ0) is 17.4. The number of carbonyl (C=O) groups is 2. The standard InChI is InChI=1S/C18H28N2O3/c1-6-9-23-18(22)15-10-13(4)17(14(5)11-15)19-16(21)12-20(7-2)8-3/h10-11H,6-9,12H2,1-5H3,(H,19,21). The summed E-state index contributed by atoms with van der Waals surface area (Å²) in [6.45, 7) is 12.2. The van der Waals surface area contributed by atoms with Crippen LogP contribution in [0, 0.1) is 13.8 Å². The summed E-state index contributed by atoms with van der Waals surface area (Å²) in [5.74, 6) is -0.361. The van der Waals surface area contributed by atoms with E-state index in [1.807, 2.05) is 34.6 Å². The van der Waals surface area contributed by atoms with E-state index >= 15 is 0 Å². The van der Waals surface area contributed by atoms with E-state index < -0.39 is 0 Å². The lowest BCUT2D eigenvalue weighted by atomic mass is 10.0. The number of likely N-dealkylation sites (N-methyl/N-ethyl adjacent to an activating group) is 1. The molecule has 1 aromatic carbocycles. The first-order valence-corrected chi connectivity index (χ1v) is 8.23. The summed E-state index contributed by atoms with van der Waals surface area (Å²) in [6, 6.07) is 3.52. The number of amides is 1. The van der Waals surface area contributed by atoms with Crippen molar-refractivity contribution in [1.29, 1.82) is 0 Å². The number of carbonyl (C=O) groups excluding carboxylic acids is 2. The van der Waals surface area contributed by atoms with Crippen LogP contribution in [0.2, 0.25) is 0 Å². The van der Waals surface area contributed by atoms with E-state index in [9.17, 15) is 9.59 Å². The quantitative estimate of drug-likeness (QED) is 0.748. The van der Waals surface area contributed by atoms with Gasteiger partial charge in [-0.05, 0) is 56.6 Å². The van der Waals surface area contributed by atoms with Gasteiger partial charge in [-0.25, -0.2) is 4.79 Å². The van der Waals surface area contributed by atoms with Gasteiger partial charge in [-0.15, -0.1) is 0 Å². The van der Waals surface area contributed by atoms with Gasteiger partial charge in [-0.2, -0.15) is 0 Å². The molecule has 0 aromatic heterocycles. The Morgan fingerprint density at radius 2 is 1.65 bits per heavy atom. The fourth-order valence-corrected chi connectivity index (χ4v) is 2.39. The maximum Gasteiger partial charge on any atom is 0.338 e. The highest BCUT2D eigenvalue weighted by atomic mass is 16.5. The Balaban J connectivity index is 2.85. The molecule has 0 aliphatic rings. The molecule has 1 N–H and O–H groups in total. The van der Waals surface area contributed by atoms with E-state index in [2.05, 4.69) is 10.2 Å². The number of ether oxygens (including phenoxy) is 1. The number of nitrogens with one attached hydrogen (secondary N) is 1. The van der Waals surface area contributed by atoms with Crippen LogP contribution in [-0.2, 0) is 9.53 Å². The average molecular weight is 320 g/mol. The molecule has 1 aromatic rings. The van der Waals surface area contributed by atoms with E-state index in [1.165, 1.54) is 0 Å². The van der Waals surface area contributed by atoms with E-state index in [1.54, 1.807) is 12.1 Å². The van der Waals surface area contributed by atoms with Crippen LogP contribution in [0.25, 0.3) is 0 Å². The molecular formula is C18H28N2O3. The van der Waals surface area contributed by atoms with Crippen molar-refractivity contribution in [2.45, 2.75) is 41.0 Å². The topological polar surface area (TPSA) is 58.6 Å². The summed E-state index contributed by atoms with van der Waals surface area (Å²) in [5, 5.41) is 2.95. The highest BCUT2D eigenvalue weighted by molar-refractivity contribution is 5.96. The van der Waals surface area contributed by atoms with Crippen molar-refractivity contribution in [2.24, 2.45) is 0 Å². The first kappa shape index (κ1) is 19.2. The Bertz CT molecular complexity index is 528. The summed E-state index contributed by atoms with van der Waals surface area (Å²) < 4.78 is 5.16. The van der Waals surface area contributed by atoms with Crippen molar-refractivity contribution in [2.75, 3.05) is 31.6 Å². The molecule has 0 unspecified atom stereocenters. The molecule has 0 saturated carbocycles. The van der Waals surface area contributed by atoms with Gasteiger partial charge in [0.25, 0.3) is 0 Å². The molecule has 0 aliphatic carbocycles. The van der Waals surface area contributed by atoms with Gasteiger partial charge in [0.15, 0.2) is 0 Å². The maximum absolute atomic E-state index is 12.2. The number of esters is 1. The van der Waals surface area contributed by atoms with Gasteiger partial charge >= 0.3 is 5.97 Å². The highest BCUT2D eigenvalue weighted by Gasteiger charge is 2.14. The van der Waals surface area contributed by atoms with Crippen molar-refractivity contribution < 1.29 is 14.3 Å². The third-order valence-corrected chi connectivity index (χ3v) is 3.73. The zero-order valence-corrected chi connectivity index (χ0v) is 14.9. The zero-order valence-electron chi connectivity index (χ0n) is 14.9. The smallest absolute Gasteiger partial charge is 0.338 e. The number of hydrogen-bond acceptors (Lipinski definition) is 4. The summed E-state index contributed by atoms with van der Waals surface area (Å²) in [5.41, 5.74) is 3.02. The van der Waals surface area contributed by atoms with Gasteiger partial charge in [-0.3, -0.25) is 9.69 Å². The number of anilines is 1. The van der Waals surface area contributed by atoms with Crippen LogP contribution in [0.1, 0.15) is 48.7 Å². The first-order valence-electron chi connectivity index (χ1n) is 8.23. The molecule has 0 atom stereocenters. The Labute approximate surface area is 139 Å². The predicted octanol–water partition coefficient (Wildman–Crippen LogP) is 3.15. The second-order valence-corrected chi connectivity index (χ2v) is 5.63. The summed E-state index contributed by atoms with van der Waals surface area (Å²) >= 11 is 0. The van der Waals surface area contributed by atoms with Crippen LogP contribution < -0.4 is 5.32 Å². The predicted molar refractivity (Wildman–Crippen MR) is 92.9 cm³/mol. The SMILES string of the molecule is CCCOC(=O)c1cc(C)c(NC(=O)CN(CC)CC)c(C)c1. The van der Waals surface area contributed by atoms with Gasteiger partial charge in [0.1, 0.15) is 0 Å². The molecule has 5 nitrogen and oxygen atoms in total. The minimum atomic E-state index is -0.320. The fourth-order valence-electron chi connectivity index (χ4n) is 2.39. The maximum atomic E-state index is 12.2. The molecule has 0 aliphatic heterocycles. The van der Waals surface area contributed by atoms with E-state index in [0.717, 1.165) is 36.3 Å². The average Bonchev–Trinajstić information content (AvgIpc) is 2.53. The minimum absolute atomic E-state index is 0.0405. The fraction of sp³-hybridized carbons (Fsp3) is 0.556. The molecule has 23 heavy (non-hydrogen) atoms. The first-order chi connectivity index (χ1) is 10.9. The van der Waals surface area contributed by atoms with Crippen molar-refractivity contribution in [3.63, 3.8) is 0 Å². The monoisotopic (exact) mass is 320 g/mol. The molecule has 0 saturated heterocycles. The van der Waals surface area contributed by atoms with E-state index in [0.29, 0.717) is 18.7 Å². The number of aryl methyl sites for hydroxylation is 2. The summed E-state index contributed by atoms with van der Waals surface area (Å²) in [6.07, 6.45) is 0.795. The largest absolute Gasteiger partial charge is 0.462 e. The molecule has 1 amide bonds. The third kappa shape index (κ3) is 5.67. The Morgan fingerprint density at radius 1 is 1.09 bits per heavy atom. The highest BCUT2D eigenvalue weighted by Crippen LogP contribution is 2.23. The number of rotatable bonds is 8. The second-order valence-electron chi connectivity index (χ2n) is 5.63. The number of nitrogens with zero attached hydrogens (tertiary/aromatic N) is 1. The van der Waals surface area contributed by atoms with Crippen LogP contribution in [0.4, 0.5) is 5.69 Å². The van der Waals surface area contributed by atoms with Gasteiger partial charge < -0.3 is 10.1 Å². The van der Waals surface area contributed by atoms with Crippen molar-refractivity contribution >= 4 is 17.6 Å². The normalized spacial score (nSPS) is 10.7. The molecule has 1 rings (SSSR count). The lowest BCUT2D eigenvalue weighted by Crippen LogP contribution is -2.33. The Kier molecular flexibility index (Phi) is 7.75. The summed E-state index contributed by atoms with van der Waals surface area (Å²) in [7, 11) is 0. The molecule has 128 valence electrons. The molecule has 5 heteroatoms. The molecule has 0 heterocycles. The Hall–Kier alpha value is -1.88. The van der Waals surface area contributed by atoms with Crippen LogP contribution in [-0.4, -0.2) is 43.0 Å². The second kappa shape index (κ2) is 9.30. The van der Waals surface area contributed by atoms with Crippen LogP contribution >= 0.6 is 0 Å². The minimum Gasteiger partial charge on any atom is -0.462 e. The molecule has 0 radical (unpaired) electrons. The van der Waals surface area contributed by atoms with Gasteiger partial charge in [-0.1, -0.05) is 20.8 Å². The van der Waals surface area contributed by atoms with Crippen LogP contribution in [0.3, 0.4) is 0 Å². The Morgan fingerprint density at radius 3 is 2.13 bits per heavy atom. The molecule has 0 spiro atoms.